The average Bonchev–Trinajstić information content (AvgIpc) is 2.91. The molecular weight excluding hydrogens is 283 g/mol. The third-order valence-corrected chi connectivity index (χ3v) is 2.88. The van der Waals surface area contributed by atoms with Crippen molar-refractivity contribution in [1.82, 2.24) is 20.2 Å². The first-order valence-corrected chi connectivity index (χ1v) is 5.86. The van der Waals surface area contributed by atoms with Gasteiger partial charge in [0.2, 0.25) is 0 Å². The number of anilines is 1. The van der Waals surface area contributed by atoms with Crippen LogP contribution in [-0.4, -0.2) is 20.2 Å². The smallest absolute Gasteiger partial charge is 0.189 e. The number of nitrogen functional groups attached to an aromatic ring is 1. The molecule has 0 spiro atoms. The number of hydrogen-bond acceptors (Lipinski definition) is 4. The summed E-state index contributed by atoms with van der Waals surface area (Å²) in [7, 11) is 0. The highest BCUT2D eigenvalue weighted by Crippen LogP contribution is 2.27. The van der Waals surface area contributed by atoms with E-state index in [0.717, 1.165) is 16.8 Å². The Morgan fingerprint density at radius 1 is 1.05 bits per heavy atom. The molecule has 0 radical (unpaired) electrons. The lowest BCUT2D eigenvalue weighted by molar-refractivity contribution is 0.501. The first-order chi connectivity index (χ1) is 10.1. The highest BCUT2D eigenvalue weighted by Gasteiger charge is 2.18. The van der Waals surface area contributed by atoms with Crippen molar-refractivity contribution >= 4 is 5.69 Å². The lowest BCUT2D eigenvalue weighted by Gasteiger charge is -2.08. The number of halogens is 3. The van der Waals surface area contributed by atoms with Crippen molar-refractivity contribution in [1.29, 1.82) is 0 Å². The van der Waals surface area contributed by atoms with E-state index in [-0.39, 0.29) is 17.2 Å². The minimum atomic E-state index is -1.09. The van der Waals surface area contributed by atoms with E-state index in [4.69, 9.17) is 5.73 Å². The first-order valence-electron chi connectivity index (χ1n) is 5.86. The molecule has 0 aliphatic carbocycles. The topological polar surface area (TPSA) is 69.6 Å². The Hall–Kier alpha value is -2.90. The Kier molecular flexibility index (Phi) is 3.05. The molecule has 5 nitrogen and oxygen atoms in total. The van der Waals surface area contributed by atoms with Crippen LogP contribution in [0.4, 0.5) is 18.9 Å². The molecule has 0 aliphatic rings. The summed E-state index contributed by atoms with van der Waals surface area (Å²) in [5.74, 6) is -2.56. The van der Waals surface area contributed by atoms with Gasteiger partial charge in [0.25, 0.3) is 0 Å². The summed E-state index contributed by atoms with van der Waals surface area (Å²) in [6.45, 7) is 0. The van der Waals surface area contributed by atoms with Gasteiger partial charge in [-0.05, 0) is 40.8 Å². The molecule has 0 atom stereocenters. The van der Waals surface area contributed by atoms with Gasteiger partial charge in [0.1, 0.15) is 11.5 Å². The second kappa shape index (κ2) is 4.89. The molecule has 0 aliphatic heterocycles. The Morgan fingerprint density at radius 2 is 1.86 bits per heavy atom. The first kappa shape index (κ1) is 13.1. The normalized spacial score (nSPS) is 10.8. The van der Waals surface area contributed by atoms with Crippen LogP contribution in [0.3, 0.4) is 0 Å². The van der Waals surface area contributed by atoms with Gasteiger partial charge in [0, 0.05) is 11.3 Å². The van der Waals surface area contributed by atoms with Gasteiger partial charge in [-0.1, -0.05) is 6.07 Å². The quantitative estimate of drug-likeness (QED) is 0.736. The van der Waals surface area contributed by atoms with Gasteiger partial charge in [-0.2, -0.15) is 4.68 Å². The molecular formula is C13H8F3N5. The number of benzene rings is 2. The lowest BCUT2D eigenvalue weighted by Crippen LogP contribution is -2.05. The molecule has 2 N–H and O–H groups in total. The summed E-state index contributed by atoms with van der Waals surface area (Å²) in [6.07, 6.45) is 0. The maximum Gasteiger partial charge on any atom is 0.189 e. The highest BCUT2D eigenvalue weighted by molar-refractivity contribution is 5.72. The predicted octanol–water partition coefficient (Wildman–Crippen LogP) is 2.33. The number of nitrogens with zero attached hydrogens (tertiary/aromatic N) is 4. The fraction of sp³-hybridized carbons (Fsp3) is 0. The lowest BCUT2D eigenvalue weighted by atomic mass is 10.1. The van der Waals surface area contributed by atoms with Crippen molar-refractivity contribution in [2.45, 2.75) is 0 Å². The van der Waals surface area contributed by atoms with Crippen molar-refractivity contribution in [2.75, 3.05) is 5.73 Å². The largest absolute Gasteiger partial charge is 0.398 e. The molecule has 0 fully saturated rings. The van der Waals surface area contributed by atoms with Gasteiger partial charge in [-0.25, -0.2) is 13.2 Å². The standard InChI is InChI=1S/C13H8F3N5/c14-7-4-5-8(10(17)6-7)13-18-19-20-21(13)11-3-1-2-9(15)12(11)16/h1-6H,17H2. The Balaban J connectivity index is 2.20. The fourth-order valence-corrected chi connectivity index (χ4v) is 1.91. The number of rotatable bonds is 2. The maximum atomic E-state index is 13.8. The zero-order chi connectivity index (χ0) is 15.0. The Morgan fingerprint density at radius 3 is 2.62 bits per heavy atom. The molecule has 0 amide bonds. The second-order valence-corrected chi connectivity index (χ2v) is 4.22. The van der Waals surface area contributed by atoms with Crippen molar-refractivity contribution in [3.8, 4) is 17.1 Å². The predicted molar refractivity (Wildman–Crippen MR) is 68.9 cm³/mol. The summed E-state index contributed by atoms with van der Waals surface area (Å²) in [6, 6.07) is 7.26. The monoisotopic (exact) mass is 291 g/mol. The maximum absolute atomic E-state index is 13.8. The van der Waals surface area contributed by atoms with Gasteiger partial charge < -0.3 is 5.73 Å². The van der Waals surface area contributed by atoms with Crippen molar-refractivity contribution in [3.05, 3.63) is 53.8 Å². The van der Waals surface area contributed by atoms with E-state index in [9.17, 15) is 13.2 Å². The molecule has 21 heavy (non-hydrogen) atoms. The van der Waals surface area contributed by atoms with Crippen LogP contribution < -0.4 is 5.73 Å². The number of tetrazole rings is 1. The summed E-state index contributed by atoms with van der Waals surface area (Å²) < 4.78 is 41.2. The molecule has 3 aromatic rings. The SMILES string of the molecule is Nc1cc(F)ccc1-c1nnnn1-c1cccc(F)c1F. The van der Waals surface area contributed by atoms with E-state index in [1.54, 1.807) is 0 Å². The zero-order valence-corrected chi connectivity index (χ0v) is 10.5. The molecule has 3 rings (SSSR count). The van der Waals surface area contributed by atoms with E-state index in [0.29, 0.717) is 5.56 Å². The van der Waals surface area contributed by atoms with Crippen LogP contribution >= 0.6 is 0 Å². The molecule has 1 aromatic heterocycles. The Bertz CT molecular complexity index is 815. The van der Waals surface area contributed by atoms with Gasteiger partial charge in [-0.3, -0.25) is 0 Å². The number of nitrogens with two attached hydrogens (primary N) is 1. The molecule has 0 bridgehead atoms. The summed E-state index contributed by atoms with van der Waals surface area (Å²) >= 11 is 0. The average molecular weight is 291 g/mol. The third-order valence-electron chi connectivity index (χ3n) is 2.88. The minimum Gasteiger partial charge on any atom is -0.398 e. The van der Waals surface area contributed by atoms with E-state index in [2.05, 4.69) is 15.5 Å². The van der Waals surface area contributed by atoms with Gasteiger partial charge in [-0.15, -0.1) is 5.10 Å². The van der Waals surface area contributed by atoms with E-state index in [1.165, 1.54) is 24.3 Å². The van der Waals surface area contributed by atoms with Crippen molar-refractivity contribution < 1.29 is 13.2 Å². The van der Waals surface area contributed by atoms with Crippen LogP contribution in [0.15, 0.2) is 36.4 Å². The highest BCUT2D eigenvalue weighted by atomic mass is 19.2. The van der Waals surface area contributed by atoms with Crippen LogP contribution in [0.2, 0.25) is 0 Å². The van der Waals surface area contributed by atoms with E-state index in [1.807, 2.05) is 0 Å². The molecule has 0 saturated heterocycles. The summed E-state index contributed by atoms with van der Waals surface area (Å²) in [5, 5.41) is 10.8. The summed E-state index contributed by atoms with van der Waals surface area (Å²) in [5.41, 5.74) is 5.94. The molecule has 106 valence electrons. The molecule has 0 saturated carbocycles. The molecule has 2 aromatic carbocycles. The van der Waals surface area contributed by atoms with Crippen molar-refractivity contribution in [2.24, 2.45) is 0 Å². The second-order valence-electron chi connectivity index (χ2n) is 4.22. The molecule has 0 unspecified atom stereocenters. The van der Waals surface area contributed by atoms with E-state index >= 15 is 0 Å². The van der Waals surface area contributed by atoms with Crippen LogP contribution in [-0.2, 0) is 0 Å². The van der Waals surface area contributed by atoms with Crippen LogP contribution in [0, 0.1) is 17.5 Å². The zero-order valence-electron chi connectivity index (χ0n) is 10.5. The van der Waals surface area contributed by atoms with Gasteiger partial charge in [0.05, 0.1) is 0 Å². The number of hydrogen-bond donors (Lipinski definition) is 1. The number of aromatic nitrogens is 4. The minimum absolute atomic E-state index is 0.0806. The van der Waals surface area contributed by atoms with Crippen LogP contribution in [0.25, 0.3) is 17.1 Å². The Labute approximate surface area is 116 Å². The van der Waals surface area contributed by atoms with Crippen molar-refractivity contribution in [3.63, 3.8) is 0 Å². The summed E-state index contributed by atoms with van der Waals surface area (Å²) in [4.78, 5) is 0. The van der Waals surface area contributed by atoms with Gasteiger partial charge >= 0.3 is 0 Å². The van der Waals surface area contributed by atoms with Gasteiger partial charge in [0.15, 0.2) is 17.5 Å². The molecule has 8 heteroatoms. The van der Waals surface area contributed by atoms with E-state index < -0.39 is 17.5 Å². The van der Waals surface area contributed by atoms with Crippen LogP contribution in [0.1, 0.15) is 0 Å². The molecule has 1 heterocycles. The third kappa shape index (κ3) is 2.20. The fourth-order valence-electron chi connectivity index (χ4n) is 1.91. The van der Waals surface area contributed by atoms with Crippen LogP contribution in [0.5, 0.6) is 0 Å².